The molecule has 4 nitrogen and oxygen atoms in total. The van der Waals surface area contributed by atoms with E-state index in [1.165, 1.54) is 22.3 Å². The van der Waals surface area contributed by atoms with Gasteiger partial charge in [0.25, 0.3) is 0 Å². The third-order valence-electron chi connectivity index (χ3n) is 6.06. The number of esters is 1. The molecule has 0 amide bonds. The van der Waals surface area contributed by atoms with Crippen molar-refractivity contribution in [2.45, 2.75) is 38.9 Å². The van der Waals surface area contributed by atoms with Crippen LogP contribution >= 0.6 is 11.8 Å². The zero-order chi connectivity index (χ0) is 25.2. The van der Waals surface area contributed by atoms with Crippen molar-refractivity contribution in [2.24, 2.45) is 5.92 Å². The maximum absolute atomic E-state index is 10.6. The van der Waals surface area contributed by atoms with Crippen LogP contribution in [0.4, 0.5) is 0 Å². The minimum atomic E-state index is -0.00694. The minimum absolute atomic E-state index is 0.00694. The monoisotopic (exact) mass is 499 g/mol. The van der Waals surface area contributed by atoms with Crippen LogP contribution in [0.15, 0.2) is 89.5 Å². The third kappa shape index (κ3) is 7.34. The van der Waals surface area contributed by atoms with Gasteiger partial charge < -0.3 is 9.26 Å². The highest BCUT2D eigenvalue weighted by atomic mass is 32.2. The van der Waals surface area contributed by atoms with Gasteiger partial charge in [0, 0.05) is 16.9 Å². The summed E-state index contributed by atoms with van der Waals surface area (Å²) in [7, 11) is 0. The number of hydrogen-bond donors (Lipinski definition) is 0. The molecule has 1 aromatic heterocycles. The molecule has 1 heterocycles. The Kier molecular flexibility index (Phi) is 9.40. The van der Waals surface area contributed by atoms with Crippen molar-refractivity contribution in [1.29, 1.82) is 0 Å². The molecule has 1 aliphatic rings. The van der Waals surface area contributed by atoms with Crippen molar-refractivity contribution < 1.29 is 14.1 Å². The molecule has 0 radical (unpaired) electrons. The first-order chi connectivity index (χ1) is 17.7. The van der Waals surface area contributed by atoms with E-state index in [-0.39, 0.29) is 11.9 Å². The molecule has 3 aromatic carbocycles. The Hall–Kier alpha value is -3.31. The summed E-state index contributed by atoms with van der Waals surface area (Å²) >= 11 is 1.93. The molecular formula is C31H33NO3S. The Morgan fingerprint density at radius 3 is 2.17 bits per heavy atom. The minimum Gasteiger partial charge on any atom is -0.466 e. The second-order valence-electron chi connectivity index (χ2n) is 8.83. The molecule has 1 saturated carbocycles. The highest BCUT2D eigenvalue weighted by Gasteiger charge is 2.30. The van der Waals surface area contributed by atoms with Crippen molar-refractivity contribution in [3.63, 3.8) is 0 Å². The summed E-state index contributed by atoms with van der Waals surface area (Å²) in [5.74, 6) is 3.14. The van der Waals surface area contributed by atoms with Crippen molar-refractivity contribution >= 4 is 17.7 Å². The first kappa shape index (κ1) is 25.8. The van der Waals surface area contributed by atoms with Gasteiger partial charge >= 0.3 is 5.97 Å². The van der Waals surface area contributed by atoms with E-state index in [9.17, 15) is 4.79 Å². The lowest BCUT2D eigenvalue weighted by molar-refractivity contribution is -0.144. The number of rotatable bonds is 9. The van der Waals surface area contributed by atoms with Crippen molar-refractivity contribution in [1.82, 2.24) is 5.16 Å². The Morgan fingerprint density at radius 1 is 0.917 bits per heavy atom. The number of thioether (sulfide) groups is 1. The fraction of sp³-hybridized carbons (Fsp3) is 0.290. The molecule has 0 unspecified atom stereocenters. The van der Waals surface area contributed by atoms with E-state index in [0.29, 0.717) is 6.61 Å². The number of aryl methyl sites for hydroxylation is 2. The fourth-order valence-electron chi connectivity index (χ4n) is 3.82. The highest BCUT2D eigenvalue weighted by Crippen LogP contribution is 2.31. The molecule has 1 fully saturated rings. The molecule has 4 aromatic rings. The lowest BCUT2D eigenvalue weighted by atomic mass is 10.0. The number of aromatic nitrogens is 1. The number of benzene rings is 3. The summed E-state index contributed by atoms with van der Waals surface area (Å²) in [5.41, 5.74) is 7.08. The predicted octanol–water partition coefficient (Wildman–Crippen LogP) is 7.75. The normalized spacial score (nSPS) is 12.5. The fourth-order valence-corrected chi connectivity index (χ4v) is 4.89. The van der Waals surface area contributed by atoms with E-state index in [1.54, 1.807) is 0 Å². The standard InChI is InChI=1S/C25H23NOS.C6H10O2/c1-19-24(18-28-17-16-20-8-4-2-5-9-20)25(27-26-19)23-14-12-22(13-15-23)21-10-6-3-7-11-21;1-2-8-6(7)5-3-4-5/h2-15H,16-18H2,1H3;5H,2-4H2,1H3. The summed E-state index contributed by atoms with van der Waals surface area (Å²) in [6, 6.07) is 29.6. The molecule has 0 N–H and O–H groups in total. The summed E-state index contributed by atoms with van der Waals surface area (Å²) in [4.78, 5) is 10.6. The maximum Gasteiger partial charge on any atom is 0.308 e. The number of ether oxygens (including phenoxy) is 1. The smallest absolute Gasteiger partial charge is 0.308 e. The molecule has 0 saturated heterocycles. The summed E-state index contributed by atoms with van der Waals surface area (Å²) in [6.07, 6.45) is 3.16. The van der Waals surface area contributed by atoms with E-state index >= 15 is 0 Å². The van der Waals surface area contributed by atoms with Gasteiger partial charge in [-0.25, -0.2) is 0 Å². The highest BCUT2D eigenvalue weighted by molar-refractivity contribution is 7.98. The van der Waals surface area contributed by atoms with Gasteiger partial charge in [0.05, 0.1) is 18.2 Å². The van der Waals surface area contributed by atoms with Crippen LogP contribution in [0, 0.1) is 12.8 Å². The van der Waals surface area contributed by atoms with Crippen molar-refractivity contribution in [2.75, 3.05) is 12.4 Å². The lowest BCUT2D eigenvalue weighted by Gasteiger charge is -2.06. The number of carbonyl (C=O) groups excluding carboxylic acids is 1. The molecule has 5 rings (SSSR count). The molecule has 1 aliphatic carbocycles. The van der Waals surface area contributed by atoms with Crippen LogP contribution in [0.25, 0.3) is 22.5 Å². The molecule has 0 spiro atoms. The quantitative estimate of drug-likeness (QED) is 0.174. The van der Waals surface area contributed by atoms with E-state index in [4.69, 9.17) is 9.26 Å². The first-order valence-electron chi connectivity index (χ1n) is 12.5. The molecule has 0 bridgehead atoms. The predicted molar refractivity (Wildman–Crippen MR) is 148 cm³/mol. The number of nitrogens with zero attached hydrogens (tertiary/aromatic N) is 1. The largest absolute Gasteiger partial charge is 0.466 e. The topological polar surface area (TPSA) is 52.3 Å². The number of carbonyl (C=O) groups is 1. The molecule has 186 valence electrons. The average Bonchev–Trinajstić information content (AvgIpc) is 3.72. The zero-order valence-corrected chi connectivity index (χ0v) is 21.8. The van der Waals surface area contributed by atoms with Crippen LogP contribution in [-0.2, 0) is 21.7 Å². The van der Waals surface area contributed by atoms with Crippen LogP contribution in [0.5, 0.6) is 0 Å². The van der Waals surface area contributed by atoms with Crippen LogP contribution in [-0.4, -0.2) is 23.5 Å². The van der Waals surface area contributed by atoms with Gasteiger partial charge in [0.2, 0.25) is 0 Å². The van der Waals surface area contributed by atoms with Crippen molar-refractivity contribution in [3.05, 3.63) is 102 Å². The second kappa shape index (κ2) is 13.1. The molecule has 0 atom stereocenters. The zero-order valence-electron chi connectivity index (χ0n) is 21.0. The Balaban J connectivity index is 0.000000325. The first-order valence-corrected chi connectivity index (χ1v) is 13.7. The van der Waals surface area contributed by atoms with E-state index < -0.39 is 0 Å². The van der Waals surface area contributed by atoms with Gasteiger partial charge in [-0.15, -0.1) is 0 Å². The van der Waals surface area contributed by atoms with Crippen LogP contribution in [0.3, 0.4) is 0 Å². The summed E-state index contributed by atoms with van der Waals surface area (Å²) in [6.45, 7) is 4.38. The summed E-state index contributed by atoms with van der Waals surface area (Å²) in [5, 5.41) is 4.22. The SMILES string of the molecule is CCOC(=O)C1CC1.Cc1noc(-c2ccc(-c3ccccc3)cc2)c1CSCCc1ccccc1. The Labute approximate surface area is 218 Å². The van der Waals surface area contributed by atoms with Crippen LogP contribution in [0.1, 0.15) is 36.6 Å². The van der Waals surface area contributed by atoms with E-state index in [2.05, 4.69) is 84.0 Å². The third-order valence-corrected chi connectivity index (χ3v) is 7.05. The molecular weight excluding hydrogens is 466 g/mol. The Morgan fingerprint density at radius 2 is 1.53 bits per heavy atom. The average molecular weight is 500 g/mol. The van der Waals surface area contributed by atoms with Crippen LogP contribution in [0.2, 0.25) is 0 Å². The van der Waals surface area contributed by atoms with Crippen LogP contribution < -0.4 is 0 Å². The number of hydrogen-bond acceptors (Lipinski definition) is 5. The molecule has 36 heavy (non-hydrogen) atoms. The van der Waals surface area contributed by atoms with Crippen molar-refractivity contribution in [3.8, 4) is 22.5 Å². The van der Waals surface area contributed by atoms with Gasteiger partial charge in [-0.3, -0.25) is 4.79 Å². The molecule has 5 heteroatoms. The lowest BCUT2D eigenvalue weighted by Crippen LogP contribution is -2.04. The second-order valence-corrected chi connectivity index (χ2v) is 9.94. The van der Waals surface area contributed by atoms with E-state index in [1.807, 2.05) is 31.7 Å². The Bertz CT molecular complexity index is 1220. The summed E-state index contributed by atoms with van der Waals surface area (Å²) < 4.78 is 10.4. The van der Waals surface area contributed by atoms with Gasteiger partial charge in [0.15, 0.2) is 5.76 Å². The van der Waals surface area contributed by atoms with Gasteiger partial charge in [-0.1, -0.05) is 90.1 Å². The van der Waals surface area contributed by atoms with Gasteiger partial charge in [0.1, 0.15) is 0 Å². The maximum atomic E-state index is 10.6. The van der Waals surface area contributed by atoms with Gasteiger partial charge in [-0.05, 0) is 55.6 Å². The van der Waals surface area contributed by atoms with Gasteiger partial charge in [-0.2, -0.15) is 11.8 Å². The molecule has 0 aliphatic heterocycles. The van der Waals surface area contributed by atoms with E-state index in [0.717, 1.165) is 47.8 Å².